The third-order valence-electron chi connectivity index (χ3n) is 3.00. The molecule has 2 amide bonds. The number of carbonyl (C=O) groups excluding carboxylic acids is 2. The molecule has 7 heteroatoms. The zero-order chi connectivity index (χ0) is 14.7. The van der Waals surface area contributed by atoms with Gasteiger partial charge in [0.1, 0.15) is 0 Å². The minimum Gasteiger partial charge on any atom is -0.479 e. The fraction of sp³-hybridized carbons (Fsp3) is 0.308. The van der Waals surface area contributed by atoms with Gasteiger partial charge in [-0.05, 0) is 30.2 Å². The minimum absolute atomic E-state index is 0.0562. The normalized spacial score (nSPS) is 14.9. The summed E-state index contributed by atoms with van der Waals surface area (Å²) in [4.78, 5) is 33.5. The van der Waals surface area contributed by atoms with Crippen LogP contribution in [0, 0.1) is 0 Å². The van der Waals surface area contributed by atoms with Crippen LogP contribution < -0.4 is 10.6 Å². The number of aliphatic carboxylic acids is 1. The third-order valence-corrected chi connectivity index (χ3v) is 3.00. The Kier molecular flexibility index (Phi) is 3.99. The molecule has 1 atom stereocenters. The van der Waals surface area contributed by atoms with Gasteiger partial charge < -0.3 is 20.8 Å². The molecule has 1 aliphatic rings. The number of anilines is 1. The summed E-state index contributed by atoms with van der Waals surface area (Å²) in [6, 6.07) is 4.82. The Bertz CT molecular complexity index is 570. The first kappa shape index (κ1) is 14.0. The number of carboxylic acids is 1. The highest BCUT2D eigenvalue weighted by Gasteiger charge is 2.18. The summed E-state index contributed by atoms with van der Waals surface area (Å²) in [7, 11) is 0. The number of aryl methyl sites for hydroxylation is 1. The van der Waals surface area contributed by atoms with Gasteiger partial charge in [0.25, 0.3) is 5.91 Å². The lowest BCUT2D eigenvalue weighted by atomic mass is 10.00. The molecule has 0 aliphatic carbocycles. The van der Waals surface area contributed by atoms with Crippen LogP contribution in [0.15, 0.2) is 18.2 Å². The van der Waals surface area contributed by atoms with Gasteiger partial charge in [-0.3, -0.25) is 9.59 Å². The molecule has 0 saturated carbocycles. The maximum atomic E-state index is 11.8. The zero-order valence-electron chi connectivity index (χ0n) is 10.5. The predicted octanol–water partition coefficient (Wildman–Crippen LogP) is -0.253. The summed E-state index contributed by atoms with van der Waals surface area (Å²) in [6.07, 6.45) is -0.702. The molecule has 1 unspecified atom stereocenters. The molecule has 0 aromatic heterocycles. The Morgan fingerprint density at radius 2 is 2.10 bits per heavy atom. The van der Waals surface area contributed by atoms with Crippen LogP contribution in [0.5, 0.6) is 0 Å². The average molecular weight is 278 g/mol. The SMILES string of the molecule is O=C1CCc2cc(C(=O)NCC(O)C(=O)O)ccc2N1. The highest BCUT2D eigenvalue weighted by molar-refractivity contribution is 5.98. The molecule has 7 nitrogen and oxygen atoms in total. The Labute approximate surface area is 114 Å². The van der Waals surface area contributed by atoms with Crippen LogP contribution in [-0.2, 0) is 16.0 Å². The van der Waals surface area contributed by atoms with Gasteiger partial charge in [0, 0.05) is 17.7 Å². The molecule has 0 saturated heterocycles. The smallest absolute Gasteiger partial charge is 0.334 e. The van der Waals surface area contributed by atoms with Crippen molar-refractivity contribution in [1.82, 2.24) is 5.32 Å². The summed E-state index contributed by atoms with van der Waals surface area (Å²) in [6.45, 7) is -0.359. The van der Waals surface area contributed by atoms with Crippen LogP contribution in [0.25, 0.3) is 0 Å². The molecule has 1 aromatic rings. The van der Waals surface area contributed by atoms with Crippen molar-refractivity contribution in [2.45, 2.75) is 18.9 Å². The maximum Gasteiger partial charge on any atom is 0.334 e. The van der Waals surface area contributed by atoms with Crippen molar-refractivity contribution in [2.24, 2.45) is 0 Å². The number of fused-ring (bicyclic) bond motifs is 1. The summed E-state index contributed by atoms with van der Waals surface area (Å²) in [5.41, 5.74) is 1.90. The number of aliphatic hydroxyl groups is 1. The van der Waals surface area contributed by atoms with Crippen LogP contribution in [0.2, 0.25) is 0 Å². The highest BCUT2D eigenvalue weighted by Crippen LogP contribution is 2.23. The van der Waals surface area contributed by atoms with Crippen LogP contribution in [0.1, 0.15) is 22.3 Å². The van der Waals surface area contributed by atoms with E-state index in [0.29, 0.717) is 24.1 Å². The lowest BCUT2D eigenvalue weighted by Crippen LogP contribution is -2.36. The Morgan fingerprint density at radius 1 is 1.35 bits per heavy atom. The molecular weight excluding hydrogens is 264 g/mol. The molecule has 0 bridgehead atoms. The Hall–Kier alpha value is -2.41. The first-order chi connectivity index (χ1) is 9.47. The fourth-order valence-corrected chi connectivity index (χ4v) is 1.90. The van der Waals surface area contributed by atoms with Crippen LogP contribution in [-0.4, -0.2) is 40.6 Å². The van der Waals surface area contributed by atoms with Crippen molar-refractivity contribution >= 4 is 23.5 Å². The van der Waals surface area contributed by atoms with Gasteiger partial charge in [-0.15, -0.1) is 0 Å². The second-order valence-corrected chi connectivity index (χ2v) is 4.48. The lowest BCUT2D eigenvalue weighted by Gasteiger charge is -2.17. The van der Waals surface area contributed by atoms with Crippen LogP contribution in [0.4, 0.5) is 5.69 Å². The molecule has 20 heavy (non-hydrogen) atoms. The van der Waals surface area contributed by atoms with E-state index in [1.54, 1.807) is 12.1 Å². The van der Waals surface area contributed by atoms with Crippen LogP contribution >= 0.6 is 0 Å². The number of hydrogen-bond donors (Lipinski definition) is 4. The molecule has 0 spiro atoms. The molecule has 2 rings (SSSR count). The number of benzene rings is 1. The number of aliphatic hydroxyl groups excluding tert-OH is 1. The topological polar surface area (TPSA) is 116 Å². The van der Waals surface area contributed by atoms with Gasteiger partial charge in [0.2, 0.25) is 5.91 Å². The van der Waals surface area contributed by atoms with E-state index in [1.165, 1.54) is 6.07 Å². The Morgan fingerprint density at radius 3 is 2.80 bits per heavy atom. The Balaban J connectivity index is 2.04. The molecule has 106 valence electrons. The van der Waals surface area contributed by atoms with Crippen molar-refractivity contribution in [3.8, 4) is 0 Å². The summed E-state index contributed by atoms with van der Waals surface area (Å²) < 4.78 is 0. The second-order valence-electron chi connectivity index (χ2n) is 4.48. The molecule has 1 aliphatic heterocycles. The second kappa shape index (κ2) is 5.70. The molecule has 1 aromatic carbocycles. The van der Waals surface area contributed by atoms with Gasteiger partial charge in [-0.2, -0.15) is 0 Å². The van der Waals surface area contributed by atoms with E-state index in [0.717, 1.165) is 5.56 Å². The minimum atomic E-state index is -1.63. The van der Waals surface area contributed by atoms with E-state index < -0.39 is 18.0 Å². The van der Waals surface area contributed by atoms with Gasteiger partial charge in [0.15, 0.2) is 6.10 Å². The number of amides is 2. The number of nitrogens with one attached hydrogen (secondary N) is 2. The highest BCUT2D eigenvalue weighted by atomic mass is 16.4. The monoisotopic (exact) mass is 278 g/mol. The quantitative estimate of drug-likeness (QED) is 0.606. The van der Waals surface area contributed by atoms with Gasteiger partial charge in [0.05, 0.1) is 6.54 Å². The van der Waals surface area contributed by atoms with Gasteiger partial charge in [-0.25, -0.2) is 4.79 Å². The van der Waals surface area contributed by atoms with Gasteiger partial charge in [-0.1, -0.05) is 0 Å². The van der Waals surface area contributed by atoms with Crippen LogP contribution in [0.3, 0.4) is 0 Å². The van der Waals surface area contributed by atoms with Crippen molar-refractivity contribution < 1.29 is 24.6 Å². The number of hydrogen-bond acceptors (Lipinski definition) is 4. The van der Waals surface area contributed by atoms with Crippen molar-refractivity contribution in [3.05, 3.63) is 29.3 Å². The van der Waals surface area contributed by atoms with Crippen molar-refractivity contribution in [3.63, 3.8) is 0 Å². The average Bonchev–Trinajstić information content (AvgIpc) is 2.43. The predicted molar refractivity (Wildman–Crippen MR) is 69.4 cm³/mol. The molecule has 0 fully saturated rings. The largest absolute Gasteiger partial charge is 0.479 e. The van der Waals surface area contributed by atoms with Gasteiger partial charge >= 0.3 is 5.97 Å². The van der Waals surface area contributed by atoms with Crippen molar-refractivity contribution in [2.75, 3.05) is 11.9 Å². The number of carbonyl (C=O) groups is 3. The summed E-state index contributed by atoms with van der Waals surface area (Å²) in [5.74, 6) is -1.91. The van der Waals surface area contributed by atoms with E-state index in [-0.39, 0.29) is 12.5 Å². The molecular formula is C13H14N2O5. The summed E-state index contributed by atoms with van der Waals surface area (Å²) in [5, 5.41) is 22.6. The maximum absolute atomic E-state index is 11.8. The molecule has 4 N–H and O–H groups in total. The van der Waals surface area contributed by atoms with E-state index in [9.17, 15) is 14.4 Å². The number of rotatable bonds is 4. The molecule has 0 radical (unpaired) electrons. The standard InChI is InChI=1S/C13H14N2O5/c16-10(13(19)20)6-14-12(18)8-1-3-9-7(5-8)2-4-11(17)15-9/h1,3,5,10,16H,2,4,6H2,(H,14,18)(H,15,17)(H,19,20). The zero-order valence-corrected chi connectivity index (χ0v) is 10.5. The summed E-state index contributed by atoms with van der Waals surface area (Å²) >= 11 is 0. The first-order valence-corrected chi connectivity index (χ1v) is 6.09. The molecule has 1 heterocycles. The van der Waals surface area contributed by atoms with E-state index in [1.807, 2.05) is 0 Å². The lowest BCUT2D eigenvalue weighted by molar-refractivity contribution is -0.146. The first-order valence-electron chi connectivity index (χ1n) is 6.09. The number of carboxylic acid groups (broad SMARTS) is 1. The van der Waals surface area contributed by atoms with E-state index in [2.05, 4.69) is 10.6 Å². The van der Waals surface area contributed by atoms with E-state index >= 15 is 0 Å². The third kappa shape index (κ3) is 3.12. The van der Waals surface area contributed by atoms with Crippen molar-refractivity contribution in [1.29, 1.82) is 0 Å². The fourth-order valence-electron chi connectivity index (χ4n) is 1.90. The van der Waals surface area contributed by atoms with E-state index in [4.69, 9.17) is 10.2 Å².